The van der Waals surface area contributed by atoms with E-state index >= 15 is 0 Å². The minimum absolute atomic E-state index is 0.0160. The van der Waals surface area contributed by atoms with Gasteiger partial charge in [-0.25, -0.2) is 0 Å². The second kappa shape index (κ2) is 6.96. The molecule has 0 aliphatic heterocycles. The number of likely N-dealkylation sites (N-methyl/N-ethyl adjacent to an activating group) is 2. The summed E-state index contributed by atoms with van der Waals surface area (Å²) in [5.41, 5.74) is 1.51. The molecule has 0 saturated heterocycles. The lowest BCUT2D eigenvalue weighted by molar-refractivity contribution is -0.119. The average molecular weight is 251 g/mol. The van der Waals surface area contributed by atoms with Gasteiger partial charge in [0.15, 0.2) is 0 Å². The minimum atomic E-state index is -0.521. The molecule has 0 bridgehead atoms. The highest BCUT2D eigenvalue weighted by Gasteiger charge is 2.09. The highest BCUT2D eigenvalue weighted by atomic mass is 16.3. The Kier molecular flexibility index (Phi) is 5.58. The van der Waals surface area contributed by atoms with E-state index in [4.69, 9.17) is 0 Å². The number of rotatable bonds is 6. The Labute approximate surface area is 108 Å². The summed E-state index contributed by atoms with van der Waals surface area (Å²) >= 11 is 0. The van der Waals surface area contributed by atoms with Crippen LogP contribution in [0.2, 0.25) is 0 Å². The molecule has 18 heavy (non-hydrogen) atoms. The smallest absolute Gasteiger partial charge is 0.239 e. The maximum Gasteiger partial charge on any atom is 0.239 e. The number of pyridine rings is 1. The number of anilines is 1. The van der Waals surface area contributed by atoms with Gasteiger partial charge in [0.25, 0.3) is 0 Å². The van der Waals surface area contributed by atoms with Crippen LogP contribution in [0.15, 0.2) is 18.3 Å². The summed E-state index contributed by atoms with van der Waals surface area (Å²) in [5.74, 6) is -0.0160. The molecule has 0 fully saturated rings. The molecule has 1 aromatic heterocycles. The zero-order valence-corrected chi connectivity index (χ0v) is 11.2. The number of nitrogens with zero attached hydrogens (tertiary/aromatic N) is 2. The highest BCUT2D eigenvalue weighted by molar-refractivity contribution is 5.81. The number of nitrogens with one attached hydrogen (secondary N) is 1. The molecule has 0 aliphatic carbocycles. The van der Waals surface area contributed by atoms with Crippen molar-refractivity contribution in [3.8, 4) is 0 Å². The van der Waals surface area contributed by atoms with Gasteiger partial charge >= 0.3 is 0 Å². The van der Waals surface area contributed by atoms with Gasteiger partial charge < -0.3 is 15.3 Å². The summed E-state index contributed by atoms with van der Waals surface area (Å²) in [6.45, 7) is 4.72. The highest BCUT2D eigenvalue weighted by Crippen LogP contribution is 2.17. The molecular formula is C13H21N3O2. The fraction of sp³-hybridized carbons (Fsp3) is 0.538. The number of carbonyl (C=O) groups is 1. The number of hydrogen-bond donors (Lipinski definition) is 2. The zero-order valence-electron chi connectivity index (χ0n) is 11.2. The molecule has 0 saturated carbocycles. The van der Waals surface area contributed by atoms with Crippen LogP contribution in [0.3, 0.4) is 0 Å². The minimum Gasteiger partial charge on any atom is -0.387 e. The van der Waals surface area contributed by atoms with Gasteiger partial charge in [-0.3, -0.25) is 9.78 Å². The molecule has 0 spiro atoms. The van der Waals surface area contributed by atoms with E-state index in [2.05, 4.69) is 10.3 Å². The first-order valence-electron chi connectivity index (χ1n) is 6.20. The average Bonchev–Trinajstić information content (AvgIpc) is 2.38. The van der Waals surface area contributed by atoms with Gasteiger partial charge in [-0.2, -0.15) is 0 Å². The summed E-state index contributed by atoms with van der Waals surface area (Å²) < 4.78 is 0. The summed E-state index contributed by atoms with van der Waals surface area (Å²) in [6, 6.07) is 3.65. The fourth-order valence-corrected chi connectivity index (χ4v) is 1.59. The number of aromatic nitrogens is 1. The number of aliphatic hydroxyl groups excluding tert-OH is 1. The molecule has 1 aromatic rings. The molecule has 2 N–H and O–H groups in total. The van der Waals surface area contributed by atoms with Crippen molar-refractivity contribution in [3.63, 3.8) is 0 Å². The number of aliphatic hydroxyl groups is 1. The van der Waals surface area contributed by atoms with Gasteiger partial charge in [-0.05, 0) is 25.5 Å². The maximum absolute atomic E-state index is 11.4. The molecule has 0 aromatic carbocycles. The second-order valence-corrected chi connectivity index (χ2v) is 4.17. The molecule has 100 valence electrons. The van der Waals surface area contributed by atoms with Crippen molar-refractivity contribution < 1.29 is 9.90 Å². The van der Waals surface area contributed by atoms with Crippen LogP contribution in [0.25, 0.3) is 0 Å². The Morgan fingerprint density at radius 3 is 2.72 bits per heavy atom. The first kappa shape index (κ1) is 14.4. The van der Waals surface area contributed by atoms with Gasteiger partial charge in [-0.15, -0.1) is 0 Å². The Hall–Kier alpha value is -1.62. The van der Waals surface area contributed by atoms with Gasteiger partial charge in [0.2, 0.25) is 5.91 Å². The van der Waals surface area contributed by atoms with Crippen molar-refractivity contribution in [2.45, 2.75) is 26.4 Å². The Balaban J connectivity index is 2.64. The Bertz CT molecular complexity index is 378. The van der Waals surface area contributed by atoms with E-state index in [1.165, 1.54) is 0 Å². The van der Waals surface area contributed by atoms with Gasteiger partial charge in [-0.1, -0.05) is 6.92 Å². The molecule has 5 heteroatoms. The van der Waals surface area contributed by atoms with Crippen molar-refractivity contribution in [1.29, 1.82) is 0 Å². The van der Waals surface area contributed by atoms with Crippen LogP contribution in [-0.4, -0.2) is 36.1 Å². The topological polar surface area (TPSA) is 65.5 Å². The quantitative estimate of drug-likeness (QED) is 0.794. The molecule has 0 aliphatic rings. The zero-order chi connectivity index (χ0) is 13.5. The predicted molar refractivity (Wildman–Crippen MR) is 71.4 cm³/mol. The van der Waals surface area contributed by atoms with Gasteiger partial charge in [0, 0.05) is 13.6 Å². The lowest BCUT2D eigenvalue weighted by atomic mass is 10.2. The van der Waals surface area contributed by atoms with Crippen LogP contribution in [0.5, 0.6) is 0 Å². The second-order valence-electron chi connectivity index (χ2n) is 4.17. The first-order chi connectivity index (χ1) is 8.58. The summed E-state index contributed by atoms with van der Waals surface area (Å²) in [4.78, 5) is 17.5. The predicted octanol–water partition coefficient (Wildman–Crippen LogP) is 1.10. The van der Waals surface area contributed by atoms with E-state index in [1.807, 2.05) is 31.9 Å². The molecule has 0 radical (unpaired) electrons. The molecule has 1 atom stereocenters. The summed E-state index contributed by atoms with van der Waals surface area (Å²) in [7, 11) is 1.84. The van der Waals surface area contributed by atoms with Crippen LogP contribution in [0.4, 0.5) is 5.69 Å². The van der Waals surface area contributed by atoms with Crippen molar-refractivity contribution in [2.24, 2.45) is 0 Å². The normalized spacial score (nSPS) is 12.0. The van der Waals surface area contributed by atoms with Gasteiger partial charge in [0.1, 0.15) is 0 Å². The van der Waals surface area contributed by atoms with Crippen LogP contribution >= 0.6 is 0 Å². The van der Waals surface area contributed by atoms with Crippen LogP contribution in [0, 0.1) is 0 Å². The third-order valence-electron chi connectivity index (χ3n) is 2.69. The lowest BCUT2D eigenvalue weighted by Gasteiger charge is -2.18. The third kappa shape index (κ3) is 4.00. The first-order valence-corrected chi connectivity index (χ1v) is 6.20. The maximum atomic E-state index is 11.4. The van der Waals surface area contributed by atoms with Crippen molar-refractivity contribution in [3.05, 3.63) is 24.0 Å². The third-order valence-corrected chi connectivity index (χ3v) is 2.69. The van der Waals surface area contributed by atoms with E-state index in [9.17, 15) is 9.90 Å². The van der Waals surface area contributed by atoms with Crippen molar-refractivity contribution >= 4 is 11.6 Å². The molecule has 5 nitrogen and oxygen atoms in total. The molecule has 0 unspecified atom stereocenters. The number of hydrogen-bond acceptors (Lipinski definition) is 4. The SMILES string of the molecule is CCNC(=O)CN(C)c1ccc([C@@H](O)CC)nc1. The van der Waals surface area contributed by atoms with E-state index in [0.29, 0.717) is 25.2 Å². The van der Waals surface area contributed by atoms with E-state index in [1.54, 1.807) is 12.3 Å². The van der Waals surface area contributed by atoms with Crippen molar-refractivity contribution in [2.75, 3.05) is 25.0 Å². The monoisotopic (exact) mass is 251 g/mol. The Morgan fingerprint density at radius 1 is 1.50 bits per heavy atom. The summed E-state index contributed by atoms with van der Waals surface area (Å²) in [6.07, 6.45) is 1.79. The fourth-order valence-electron chi connectivity index (χ4n) is 1.59. The molecule has 1 amide bonds. The van der Waals surface area contributed by atoms with E-state index < -0.39 is 6.10 Å². The largest absolute Gasteiger partial charge is 0.387 e. The molecule has 1 heterocycles. The van der Waals surface area contributed by atoms with Crippen LogP contribution < -0.4 is 10.2 Å². The van der Waals surface area contributed by atoms with Crippen LogP contribution in [0.1, 0.15) is 32.1 Å². The van der Waals surface area contributed by atoms with Gasteiger partial charge in [0.05, 0.1) is 30.2 Å². The Morgan fingerprint density at radius 2 is 2.22 bits per heavy atom. The number of carbonyl (C=O) groups excluding carboxylic acids is 1. The van der Waals surface area contributed by atoms with E-state index in [0.717, 1.165) is 5.69 Å². The number of amides is 1. The van der Waals surface area contributed by atoms with Crippen molar-refractivity contribution in [1.82, 2.24) is 10.3 Å². The molecule has 1 rings (SSSR count). The molecular weight excluding hydrogens is 230 g/mol. The lowest BCUT2D eigenvalue weighted by Crippen LogP contribution is -2.35. The van der Waals surface area contributed by atoms with E-state index in [-0.39, 0.29) is 5.91 Å². The summed E-state index contributed by atoms with van der Waals surface area (Å²) in [5, 5.41) is 12.4. The van der Waals surface area contributed by atoms with Crippen LogP contribution in [-0.2, 0) is 4.79 Å². The standard InChI is InChI=1S/C13H21N3O2/c1-4-12(17)11-7-6-10(8-15-11)16(3)9-13(18)14-5-2/h6-8,12,17H,4-5,9H2,1-3H3,(H,14,18)/t12-/m0/s1.